The first-order valence-electron chi connectivity index (χ1n) is 11.6. The molecule has 2 N–H and O–H groups in total. The Hall–Kier alpha value is -3.54. The molecule has 1 aromatic heterocycles. The summed E-state index contributed by atoms with van der Waals surface area (Å²) in [5.74, 6) is -0.446. The van der Waals surface area contributed by atoms with Gasteiger partial charge in [0, 0.05) is 34.8 Å². The minimum atomic E-state index is -0.446. The van der Waals surface area contributed by atoms with E-state index in [-0.39, 0.29) is 12.6 Å². The molecular weight excluding hydrogens is 414 g/mol. The Kier molecular flexibility index (Phi) is 5.23. The number of anilines is 1. The van der Waals surface area contributed by atoms with Crippen molar-refractivity contribution in [1.82, 2.24) is 9.88 Å². The maximum absolute atomic E-state index is 13.4. The number of para-hydroxylation sites is 1. The molecule has 0 spiro atoms. The Bertz CT molecular complexity index is 1290. The van der Waals surface area contributed by atoms with Gasteiger partial charge in [-0.2, -0.15) is 0 Å². The second-order valence-corrected chi connectivity index (χ2v) is 9.46. The molecule has 0 radical (unpaired) electrons. The lowest BCUT2D eigenvalue weighted by molar-refractivity contribution is -0.136. The molecule has 2 heterocycles. The molecule has 1 aliphatic carbocycles. The topological polar surface area (TPSA) is 74.4 Å². The van der Waals surface area contributed by atoms with E-state index in [9.17, 15) is 9.59 Å². The number of nitrogens with zero attached hydrogens (tertiary/aromatic N) is 1. The molecule has 33 heavy (non-hydrogen) atoms. The van der Waals surface area contributed by atoms with Crippen molar-refractivity contribution in [3.05, 3.63) is 71.0 Å². The van der Waals surface area contributed by atoms with E-state index in [4.69, 9.17) is 4.74 Å². The van der Waals surface area contributed by atoms with Crippen molar-refractivity contribution < 1.29 is 14.3 Å². The molecule has 6 heteroatoms. The Morgan fingerprint density at radius 3 is 2.73 bits per heavy atom. The number of carbonyl (C=O) groups excluding carboxylic acids is 2. The van der Waals surface area contributed by atoms with Crippen molar-refractivity contribution in [2.24, 2.45) is 0 Å². The lowest BCUT2D eigenvalue weighted by atomic mass is 9.82. The predicted molar refractivity (Wildman–Crippen MR) is 130 cm³/mol. The molecule has 2 aromatic carbocycles. The third kappa shape index (κ3) is 3.80. The van der Waals surface area contributed by atoms with E-state index in [1.807, 2.05) is 24.3 Å². The second-order valence-electron chi connectivity index (χ2n) is 9.46. The van der Waals surface area contributed by atoms with Gasteiger partial charge in [0.2, 0.25) is 0 Å². The first-order valence-corrected chi connectivity index (χ1v) is 11.6. The van der Waals surface area contributed by atoms with Crippen LogP contribution in [0.4, 0.5) is 10.5 Å². The van der Waals surface area contributed by atoms with Gasteiger partial charge in [-0.15, -0.1) is 0 Å². The number of esters is 1. The Morgan fingerprint density at radius 2 is 1.91 bits per heavy atom. The second kappa shape index (κ2) is 8.10. The van der Waals surface area contributed by atoms with E-state index in [1.165, 1.54) is 11.1 Å². The summed E-state index contributed by atoms with van der Waals surface area (Å²) in [6, 6.07) is 13.9. The van der Waals surface area contributed by atoms with Crippen molar-refractivity contribution in [2.75, 3.05) is 18.5 Å². The molecule has 0 bridgehead atoms. The Balaban J connectivity index is 1.55. The summed E-state index contributed by atoms with van der Waals surface area (Å²) in [4.78, 5) is 31.4. The zero-order chi connectivity index (χ0) is 23.2. The first-order chi connectivity index (χ1) is 15.9. The van der Waals surface area contributed by atoms with Gasteiger partial charge in [0.25, 0.3) is 0 Å². The van der Waals surface area contributed by atoms with Crippen LogP contribution in [0.2, 0.25) is 0 Å². The maximum Gasteiger partial charge on any atom is 0.341 e. The normalized spacial score (nSPS) is 16.6. The van der Waals surface area contributed by atoms with Gasteiger partial charge in [0.1, 0.15) is 0 Å². The fourth-order valence-electron chi connectivity index (χ4n) is 5.16. The van der Waals surface area contributed by atoms with Crippen molar-refractivity contribution in [2.45, 2.75) is 45.4 Å². The summed E-state index contributed by atoms with van der Waals surface area (Å²) < 4.78 is 5.37. The molecule has 6 nitrogen and oxygen atoms in total. The zero-order valence-corrected chi connectivity index (χ0v) is 19.3. The lowest BCUT2D eigenvalue weighted by Crippen LogP contribution is -2.39. The van der Waals surface area contributed by atoms with Crippen LogP contribution in [-0.2, 0) is 27.8 Å². The monoisotopic (exact) mass is 443 g/mol. The van der Waals surface area contributed by atoms with Crippen LogP contribution < -0.4 is 5.32 Å². The smallest absolute Gasteiger partial charge is 0.341 e. The molecule has 2 amide bonds. The average molecular weight is 444 g/mol. The number of fused-ring (bicyclic) bond motifs is 4. The molecule has 0 unspecified atom stereocenters. The molecule has 3 aromatic rings. The highest BCUT2D eigenvalue weighted by Gasteiger charge is 2.37. The fraction of sp³-hybridized carbons (Fsp3) is 0.333. The molecule has 0 saturated carbocycles. The molecule has 0 atom stereocenters. The van der Waals surface area contributed by atoms with Gasteiger partial charge < -0.3 is 15.0 Å². The summed E-state index contributed by atoms with van der Waals surface area (Å²) in [5, 5.41) is 4.08. The van der Waals surface area contributed by atoms with Crippen molar-refractivity contribution in [3.8, 4) is 0 Å². The molecule has 2 aliphatic rings. The zero-order valence-electron chi connectivity index (χ0n) is 19.3. The van der Waals surface area contributed by atoms with E-state index in [0.29, 0.717) is 17.8 Å². The number of nitrogens with one attached hydrogen (secondary N) is 2. The number of ether oxygens (including phenoxy) is 1. The number of H-pyrrole nitrogens is 1. The van der Waals surface area contributed by atoms with E-state index in [1.54, 1.807) is 18.0 Å². The van der Waals surface area contributed by atoms with Gasteiger partial charge in [-0.3, -0.25) is 4.90 Å². The van der Waals surface area contributed by atoms with Gasteiger partial charge >= 0.3 is 12.0 Å². The number of aromatic amines is 1. The van der Waals surface area contributed by atoms with Gasteiger partial charge in [-0.25, -0.2) is 9.59 Å². The average Bonchev–Trinajstić information content (AvgIpc) is 3.38. The predicted octanol–water partition coefficient (Wildman–Crippen LogP) is 5.39. The van der Waals surface area contributed by atoms with Crippen LogP contribution in [0.25, 0.3) is 16.5 Å². The van der Waals surface area contributed by atoms with Crippen LogP contribution in [0.3, 0.4) is 0 Å². The number of aromatic nitrogens is 1. The maximum atomic E-state index is 13.4. The van der Waals surface area contributed by atoms with Crippen molar-refractivity contribution >= 4 is 34.2 Å². The summed E-state index contributed by atoms with van der Waals surface area (Å²) in [6.07, 6.45) is 4.93. The fourth-order valence-corrected chi connectivity index (χ4v) is 5.16. The van der Waals surface area contributed by atoms with E-state index in [0.717, 1.165) is 41.4 Å². The van der Waals surface area contributed by atoms with Gasteiger partial charge in [-0.05, 0) is 61.1 Å². The molecule has 170 valence electrons. The number of hydrogen-bond donors (Lipinski definition) is 2. The lowest BCUT2D eigenvalue weighted by Gasteiger charge is -2.29. The summed E-state index contributed by atoms with van der Waals surface area (Å²) in [6.45, 7) is 6.66. The third-order valence-electron chi connectivity index (χ3n) is 6.61. The summed E-state index contributed by atoms with van der Waals surface area (Å²) >= 11 is 0. The largest absolute Gasteiger partial charge is 0.462 e. The van der Waals surface area contributed by atoms with Crippen LogP contribution in [0.15, 0.2) is 48.7 Å². The number of rotatable bonds is 3. The summed E-state index contributed by atoms with van der Waals surface area (Å²) in [5.41, 5.74) is 6.08. The van der Waals surface area contributed by atoms with Crippen LogP contribution in [0, 0.1) is 0 Å². The quantitative estimate of drug-likeness (QED) is 0.533. The van der Waals surface area contributed by atoms with Crippen LogP contribution >= 0.6 is 0 Å². The van der Waals surface area contributed by atoms with E-state index < -0.39 is 11.4 Å². The van der Waals surface area contributed by atoms with Gasteiger partial charge in [0.15, 0.2) is 0 Å². The number of carbonyl (C=O) groups is 2. The molecule has 1 aliphatic heterocycles. The minimum Gasteiger partial charge on any atom is -0.462 e. The standard InChI is InChI=1S/C27H29N3O3/c1-4-33-25(31)21-15-30(26(32)28-19-13-12-17-8-7-9-18(17)14-19)16-27(2,3)23-20-10-5-6-11-22(20)29-24(21)23/h5-6,10-15,29H,4,7-9,16H2,1-3H3,(H,28,32). The number of aryl methyl sites for hydroxylation is 2. The Labute approximate surface area is 193 Å². The molecule has 0 fully saturated rings. The number of urea groups is 1. The Morgan fingerprint density at radius 1 is 1.12 bits per heavy atom. The SMILES string of the molecule is CCOC(=O)C1=CN(C(=O)Nc2ccc3c(c2)CCC3)CC(C)(C)c2c1[nH]c1ccccc21. The van der Waals surface area contributed by atoms with Crippen LogP contribution in [-0.4, -0.2) is 35.0 Å². The number of amides is 2. The van der Waals surface area contributed by atoms with Crippen molar-refractivity contribution in [3.63, 3.8) is 0 Å². The van der Waals surface area contributed by atoms with Gasteiger partial charge in [0.05, 0.1) is 17.9 Å². The number of hydrogen-bond acceptors (Lipinski definition) is 3. The van der Waals surface area contributed by atoms with Crippen LogP contribution in [0.1, 0.15) is 49.6 Å². The molecule has 5 rings (SSSR count). The molecular formula is C27H29N3O3. The molecule has 0 saturated heterocycles. The highest BCUT2D eigenvalue weighted by Crippen LogP contribution is 2.40. The van der Waals surface area contributed by atoms with Crippen molar-refractivity contribution in [1.29, 1.82) is 0 Å². The number of benzene rings is 2. The third-order valence-corrected chi connectivity index (χ3v) is 6.61. The highest BCUT2D eigenvalue weighted by atomic mass is 16.5. The highest BCUT2D eigenvalue weighted by molar-refractivity contribution is 6.18. The van der Waals surface area contributed by atoms with Crippen LogP contribution in [0.5, 0.6) is 0 Å². The van der Waals surface area contributed by atoms with E-state index in [2.05, 4.69) is 42.3 Å². The van der Waals surface area contributed by atoms with E-state index >= 15 is 0 Å². The first kappa shape index (κ1) is 21.3. The van der Waals surface area contributed by atoms with Gasteiger partial charge in [-0.1, -0.05) is 38.1 Å². The minimum absolute atomic E-state index is 0.260. The summed E-state index contributed by atoms with van der Waals surface area (Å²) in [7, 11) is 0.